The third-order valence-corrected chi connectivity index (χ3v) is 8.34. The molecule has 1 saturated carbocycles. The number of fused-ring (bicyclic) bond motifs is 1. The smallest absolute Gasteiger partial charge is 0.337 e. The molecule has 4 rings (SSSR count). The lowest BCUT2D eigenvalue weighted by atomic mass is 9.69. The Kier molecular flexibility index (Phi) is 5.58. The highest BCUT2D eigenvalue weighted by Gasteiger charge is 2.35. The molecule has 4 nitrogen and oxygen atoms in total. The van der Waals surface area contributed by atoms with Crippen LogP contribution in [0.25, 0.3) is 10.4 Å². The number of hydrazine groups is 1. The standard InChI is InChI=1S/C24H32N2O2S/c1-23(2)13-10-19-18(14-23)20(22(27)28)21(29-19)16-6-8-17(9-7-16)24(15-26-25)11-4-3-5-12-24/h6-9,26H,3-5,10-15,25H2,1-2H3,(H,27,28). The predicted molar refractivity (Wildman–Crippen MR) is 119 cm³/mol. The number of rotatable bonds is 5. The normalized spacial score (nSPS) is 20.2. The summed E-state index contributed by atoms with van der Waals surface area (Å²) in [6.07, 6.45) is 9.02. The summed E-state index contributed by atoms with van der Waals surface area (Å²) in [4.78, 5) is 14.4. The Morgan fingerprint density at radius 1 is 1.14 bits per heavy atom. The summed E-state index contributed by atoms with van der Waals surface area (Å²) in [5.74, 6) is 4.92. The van der Waals surface area contributed by atoms with E-state index in [1.807, 2.05) is 0 Å². The van der Waals surface area contributed by atoms with Crippen molar-refractivity contribution >= 4 is 17.3 Å². The Labute approximate surface area is 177 Å². The first-order chi connectivity index (χ1) is 13.9. The van der Waals surface area contributed by atoms with Crippen molar-refractivity contribution in [3.05, 3.63) is 45.8 Å². The Balaban J connectivity index is 1.71. The number of aryl methyl sites for hydroxylation is 1. The number of nitrogens with one attached hydrogen (secondary N) is 1. The third kappa shape index (κ3) is 3.88. The summed E-state index contributed by atoms with van der Waals surface area (Å²) >= 11 is 1.68. The monoisotopic (exact) mass is 412 g/mol. The van der Waals surface area contributed by atoms with Gasteiger partial charge < -0.3 is 5.11 Å². The second-order valence-electron chi connectivity index (χ2n) is 9.65. The molecule has 0 spiro atoms. The highest BCUT2D eigenvalue weighted by Crippen LogP contribution is 2.46. The van der Waals surface area contributed by atoms with Crippen molar-refractivity contribution in [2.45, 2.75) is 70.6 Å². The second kappa shape index (κ2) is 7.86. The first kappa shape index (κ1) is 20.6. The summed E-state index contributed by atoms with van der Waals surface area (Å²) in [6.45, 7) is 5.26. The van der Waals surface area contributed by atoms with Gasteiger partial charge in [-0.2, -0.15) is 0 Å². The van der Waals surface area contributed by atoms with E-state index in [4.69, 9.17) is 5.84 Å². The van der Waals surface area contributed by atoms with Crippen LogP contribution in [-0.4, -0.2) is 17.6 Å². The van der Waals surface area contributed by atoms with Crippen LogP contribution >= 0.6 is 11.3 Å². The van der Waals surface area contributed by atoms with Crippen molar-refractivity contribution in [3.8, 4) is 10.4 Å². The van der Waals surface area contributed by atoms with Gasteiger partial charge in [-0.1, -0.05) is 57.4 Å². The molecule has 5 heteroatoms. The lowest BCUT2D eigenvalue weighted by Crippen LogP contribution is -2.42. The molecule has 0 aliphatic heterocycles. The number of hydrogen-bond donors (Lipinski definition) is 3. The highest BCUT2D eigenvalue weighted by molar-refractivity contribution is 7.16. The molecule has 156 valence electrons. The minimum Gasteiger partial charge on any atom is -0.478 e. The first-order valence-electron chi connectivity index (χ1n) is 10.8. The summed E-state index contributed by atoms with van der Waals surface area (Å²) in [5, 5.41) is 10.00. The van der Waals surface area contributed by atoms with Gasteiger partial charge in [0.15, 0.2) is 0 Å². The van der Waals surface area contributed by atoms with Gasteiger partial charge in [-0.25, -0.2) is 4.79 Å². The minimum atomic E-state index is -0.796. The Morgan fingerprint density at radius 3 is 2.45 bits per heavy atom. The summed E-state index contributed by atoms with van der Waals surface area (Å²) in [5.41, 5.74) is 7.11. The molecule has 0 amide bonds. The van der Waals surface area contributed by atoms with Crippen molar-refractivity contribution < 1.29 is 9.90 Å². The van der Waals surface area contributed by atoms with Crippen molar-refractivity contribution in [2.75, 3.05) is 6.54 Å². The van der Waals surface area contributed by atoms with E-state index in [9.17, 15) is 9.90 Å². The maximum absolute atomic E-state index is 12.2. The van der Waals surface area contributed by atoms with Crippen molar-refractivity contribution in [1.29, 1.82) is 0 Å². The molecular weight excluding hydrogens is 380 g/mol. The Bertz CT molecular complexity index is 887. The first-order valence-corrected chi connectivity index (χ1v) is 11.6. The summed E-state index contributed by atoms with van der Waals surface area (Å²) in [7, 11) is 0. The van der Waals surface area contributed by atoms with Crippen LogP contribution in [-0.2, 0) is 18.3 Å². The molecule has 2 aliphatic carbocycles. The fourth-order valence-corrected chi connectivity index (χ4v) is 6.63. The number of hydrogen-bond acceptors (Lipinski definition) is 4. The van der Waals surface area contributed by atoms with Crippen LogP contribution in [0.1, 0.15) is 78.7 Å². The molecule has 1 aromatic carbocycles. The molecule has 1 fully saturated rings. The van der Waals surface area contributed by atoms with Gasteiger partial charge in [0.25, 0.3) is 0 Å². The average molecular weight is 413 g/mol. The third-order valence-electron chi connectivity index (χ3n) is 7.00. The second-order valence-corrected chi connectivity index (χ2v) is 10.8. The fourth-order valence-electron chi connectivity index (χ4n) is 5.32. The number of thiophene rings is 1. The van der Waals surface area contributed by atoms with Gasteiger partial charge in [0.1, 0.15) is 0 Å². The zero-order chi connectivity index (χ0) is 20.6. The zero-order valence-electron chi connectivity index (χ0n) is 17.5. The fraction of sp³-hybridized carbons (Fsp3) is 0.542. The van der Waals surface area contributed by atoms with E-state index in [1.54, 1.807) is 11.3 Å². The topological polar surface area (TPSA) is 75.3 Å². The molecule has 1 heterocycles. The van der Waals surface area contributed by atoms with Crippen LogP contribution in [0.5, 0.6) is 0 Å². The largest absolute Gasteiger partial charge is 0.478 e. The Morgan fingerprint density at radius 2 is 1.83 bits per heavy atom. The molecule has 0 bridgehead atoms. The van der Waals surface area contributed by atoms with Crippen LogP contribution in [0.15, 0.2) is 24.3 Å². The van der Waals surface area contributed by atoms with E-state index in [2.05, 4.69) is 43.5 Å². The van der Waals surface area contributed by atoms with E-state index in [0.717, 1.165) is 54.7 Å². The van der Waals surface area contributed by atoms with E-state index < -0.39 is 5.97 Å². The quantitative estimate of drug-likeness (QED) is 0.460. The van der Waals surface area contributed by atoms with Gasteiger partial charge in [-0.3, -0.25) is 11.3 Å². The highest BCUT2D eigenvalue weighted by atomic mass is 32.1. The van der Waals surface area contributed by atoms with E-state index in [1.165, 1.54) is 29.7 Å². The number of carbonyl (C=O) groups is 1. The maximum Gasteiger partial charge on any atom is 0.337 e. The summed E-state index contributed by atoms with van der Waals surface area (Å²) < 4.78 is 0. The molecule has 0 unspecified atom stereocenters. The molecular formula is C24H32N2O2S. The van der Waals surface area contributed by atoms with Crippen LogP contribution in [0.4, 0.5) is 0 Å². The van der Waals surface area contributed by atoms with Gasteiger partial charge in [0.05, 0.1) is 5.56 Å². The van der Waals surface area contributed by atoms with E-state index >= 15 is 0 Å². The molecule has 0 radical (unpaired) electrons. The van der Waals surface area contributed by atoms with Gasteiger partial charge in [0, 0.05) is 21.7 Å². The van der Waals surface area contributed by atoms with Crippen LogP contribution in [0.3, 0.4) is 0 Å². The molecule has 2 aromatic rings. The lowest BCUT2D eigenvalue weighted by Gasteiger charge is -2.37. The molecule has 4 N–H and O–H groups in total. The van der Waals surface area contributed by atoms with Gasteiger partial charge in [0.2, 0.25) is 0 Å². The zero-order valence-corrected chi connectivity index (χ0v) is 18.3. The molecule has 29 heavy (non-hydrogen) atoms. The predicted octanol–water partition coefficient (Wildman–Crippen LogP) is 5.29. The van der Waals surface area contributed by atoms with E-state index in [-0.39, 0.29) is 10.8 Å². The Hall–Kier alpha value is -1.69. The number of carboxylic acid groups (broad SMARTS) is 1. The molecule has 1 aromatic heterocycles. The lowest BCUT2D eigenvalue weighted by molar-refractivity contribution is 0.0696. The SMILES string of the molecule is CC1(C)CCc2sc(-c3ccc(C4(CNN)CCCCC4)cc3)c(C(=O)O)c2C1. The number of carboxylic acids is 1. The van der Waals surface area contributed by atoms with Gasteiger partial charge in [-0.15, -0.1) is 11.3 Å². The maximum atomic E-state index is 12.2. The van der Waals surface area contributed by atoms with E-state index in [0.29, 0.717) is 5.56 Å². The van der Waals surface area contributed by atoms with Crippen molar-refractivity contribution in [1.82, 2.24) is 5.43 Å². The number of nitrogens with two attached hydrogens (primary N) is 1. The minimum absolute atomic E-state index is 0.0971. The average Bonchev–Trinajstić information content (AvgIpc) is 3.07. The van der Waals surface area contributed by atoms with Crippen LogP contribution in [0, 0.1) is 5.41 Å². The molecule has 2 aliphatic rings. The number of benzene rings is 1. The van der Waals surface area contributed by atoms with Crippen molar-refractivity contribution in [2.24, 2.45) is 11.3 Å². The molecule has 0 atom stereocenters. The van der Waals surface area contributed by atoms with Crippen LogP contribution < -0.4 is 11.3 Å². The van der Waals surface area contributed by atoms with Crippen LogP contribution in [0.2, 0.25) is 0 Å². The van der Waals surface area contributed by atoms with Crippen molar-refractivity contribution in [3.63, 3.8) is 0 Å². The van der Waals surface area contributed by atoms with Gasteiger partial charge >= 0.3 is 5.97 Å². The molecule has 0 saturated heterocycles. The number of aromatic carboxylic acids is 1. The van der Waals surface area contributed by atoms with Gasteiger partial charge in [-0.05, 0) is 54.2 Å². The summed E-state index contributed by atoms with van der Waals surface area (Å²) in [6, 6.07) is 8.65.